The van der Waals surface area contributed by atoms with Crippen LogP contribution in [0.4, 0.5) is 10.5 Å². The van der Waals surface area contributed by atoms with Gasteiger partial charge in [0.25, 0.3) is 5.56 Å². The van der Waals surface area contributed by atoms with Crippen molar-refractivity contribution < 1.29 is 9.53 Å². The van der Waals surface area contributed by atoms with Gasteiger partial charge in [0.2, 0.25) is 0 Å². The number of aryl methyl sites for hydroxylation is 1. The van der Waals surface area contributed by atoms with Crippen LogP contribution in [0.1, 0.15) is 48.0 Å². The topological polar surface area (TPSA) is 72.4 Å². The van der Waals surface area contributed by atoms with E-state index in [1.165, 1.54) is 0 Å². The molecule has 6 nitrogen and oxygen atoms in total. The molecule has 0 aliphatic heterocycles. The summed E-state index contributed by atoms with van der Waals surface area (Å²) < 4.78 is 6.99. The molecule has 142 valence electrons. The van der Waals surface area contributed by atoms with Crippen molar-refractivity contribution in [3.8, 4) is 0 Å². The Morgan fingerprint density at radius 2 is 1.92 bits per heavy atom. The number of pyridine rings is 1. The number of ether oxygens (including phenoxy) is 1. The Bertz CT molecular complexity index is 603. The second-order valence-electron chi connectivity index (χ2n) is 7.72. The molecule has 0 aromatic carbocycles. The summed E-state index contributed by atoms with van der Waals surface area (Å²) in [5.41, 5.74) is 0.429. The first-order valence-electron chi connectivity index (χ1n) is 9.03. The van der Waals surface area contributed by atoms with Crippen LogP contribution in [-0.4, -0.2) is 29.4 Å². The van der Waals surface area contributed by atoms with Crippen molar-refractivity contribution in [2.45, 2.75) is 60.1 Å². The maximum atomic E-state index is 11.8. The Kier molecular flexibility index (Phi) is 8.00. The fraction of sp³-hybridized carbons (Fsp3) is 0.684. The van der Waals surface area contributed by atoms with E-state index in [9.17, 15) is 9.59 Å². The molecular weight excluding hydrogens is 318 g/mol. The number of alkyl carbamates (subject to hydrolysis) is 1. The zero-order valence-corrected chi connectivity index (χ0v) is 16.4. The third kappa shape index (κ3) is 8.09. The standard InChI is InChI=1S/C19H33N3O3/c1-7-10-22-13-16(8-9-17(22)23)20-11-15(14(2)3)12-21-18(24)25-19(4,5)6/h8-9,13-15,20H,7,10-12H2,1-6H3,(H,21,24). The van der Waals surface area contributed by atoms with Gasteiger partial charge in [0, 0.05) is 31.9 Å². The lowest BCUT2D eigenvalue weighted by atomic mass is 9.95. The molecule has 0 spiro atoms. The third-order valence-corrected chi connectivity index (χ3v) is 3.87. The van der Waals surface area contributed by atoms with Crippen molar-refractivity contribution in [1.82, 2.24) is 9.88 Å². The van der Waals surface area contributed by atoms with Crippen LogP contribution in [0, 0.1) is 11.8 Å². The van der Waals surface area contributed by atoms with Crippen molar-refractivity contribution in [1.29, 1.82) is 0 Å². The summed E-state index contributed by atoms with van der Waals surface area (Å²) in [7, 11) is 0. The first-order valence-corrected chi connectivity index (χ1v) is 9.03. The molecule has 0 saturated carbocycles. The summed E-state index contributed by atoms with van der Waals surface area (Å²) in [6.07, 6.45) is 2.37. The van der Waals surface area contributed by atoms with E-state index in [4.69, 9.17) is 4.74 Å². The lowest BCUT2D eigenvalue weighted by Gasteiger charge is -2.24. The van der Waals surface area contributed by atoms with Gasteiger partial charge in [-0.2, -0.15) is 0 Å². The molecule has 1 atom stereocenters. The largest absolute Gasteiger partial charge is 0.444 e. The summed E-state index contributed by atoms with van der Waals surface area (Å²) in [4.78, 5) is 23.6. The second-order valence-corrected chi connectivity index (χ2v) is 7.72. The van der Waals surface area contributed by atoms with Crippen molar-refractivity contribution in [3.05, 3.63) is 28.7 Å². The molecule has 25 heavy (non-hydrogen) atoms. The number of aromatic nitrogens is 1. The van der Waals surface area contributed by atoms with E-state index >= 15 is 0 Å². The Balaban J connectivity index is 2.60. The molecule has 1 amide bonds. The van der Waals surface area contributed by atoms with Gasteiger partial charge in [-0.3, -0.25) is 4.79 Å². The van der Waals surface area contributed by atoms with Gasteiger partial charge < -0.3 is 19.9 Å². The van der Waals surface area contributed by atoms with E-state index < -0.39 is 11.7 Å². The number of hydrogen-bond donors (Lipinski definition) is 2. The molecule has 1 unspecified atom stereocenters. The van der Waals surface area contributed by atoms with E-state index in [0.29, 0.717) is 25.6 Å². The van der Waals surface area contributed by atoms with Crippen LogP contribution in [0.25, 0.3) is 0 Å². The van der Waals surface area contributed by atoms with Crippen molar-refractivity contribution in [3.63, 3.8) is 0 Å². The zero-order chi connectivity index (χ0) is 19.0. The van der Waals surface area contributed by atoms with Crippen LogP contribution in [0.15, 0.2) is 23.1 Å². The van der Waals surface area contributed by atoms with Gasteiger partial charge in [-0.15, -0.1) is 0 Å². The summed E-state index contributed by atoms with van der Waals surface area (Å²) in [6.45, 7) is 13.8. The zero-order valence-electron chi connectivity index (χ0n) is 16.4. The number of hydrogen-bond acceptors (Lipinski definition) is 4. The lowest BCUT2D eigenvalue weighted by molar-refractivity contribution is 0.0516. The normalized spacial score (nSPS) is 12.8. The number of carbonyl (C=O) groups is 1. The fourth-order valence-corrected chi connectivity index (χ4v) is 2.37. The number of anilines is 1. The molecule has 1 rings (SSSR count). The summed E-state index contributed by atoms with van der Waals surface area (Å²) in [6, 6.07) is 3.38. The number of carbonyl (C=O) groups excluding carboxylic acids is 1. The highest BCUT2D eigenvalue weighted by atomic mass is 16.6. The van der Waals surface area contributed by atoms with Crippen molar-refractivity contribution in [2.75, 3.05) is 18.4 Å². The third-order valence-electron chi connectivity index (χ3n) is 3.87. The maximum absolute atomic E-state index is 11.8. The van der Waals surface area contributed by atoms with E-state index in [1.54, 1.807) is 16.7 Å². The first kappa shape index (κ1) is 21.1. The number of rotatable bonds is 8. The average Bonchev–Trinajstić information content (AvgIpc) is 2.48. The summed E-state index contributed by atoms with van der Waals surface area (Å²) in [5.74, 6) is 0.642. The molecule has 1 aromatic rings. The van der Waals surface area contributed by atoms with Crippen molar-refractivity contribution in [2.24, 2.45) is 11.8 Å². The van der Waals surface area contributed by atoms with E-state index in [-0.39, 0.29) is 11.5 Å². The van der Waals surface area contributed by atoms with E-state index in [1.807, 2.05) is 33.9 Å². The maximum Gasteiger partial charge on any atom is 0.407 e. The Morgan fingerprint density at radius 1 is 1.24 bits per heavy atom. The van der Waals surface area contributed by atoms with Crippen LogP contribution >= 0.6 is 0 Å². The van der Waals surface area contributed by atoms with Crippen LogP contribution in [-0.2, 0) is 11.3 Å². The molecule has 1 heterocycles. The lowest BCUT2D eigenvalue weighted by Crippen LogP contribution is -2.38. The van der Waals surface area contributed by atoms with Crippen LogP contribution in [0.2, 0.25) is 0 Å². The summed E-state index contributed by atoms with van der Waals surface area (Å²) >= 11 is 0. The van der Waals surface area contributed by atoms with Crippen molar-refractivity contribution >= 4 is 11.8 Å². The minimum atomic E-state index is -0.497. The quantitative estimate of drug-likeness (QED) is 0.752. The first-order chi connectivity index (χ1) is 11.6. The molecule has 2 N–H and O–H groups in total. The predicted octanol–water partition coefficient (Wildman–Crippen LogP) is 3.47. The number of amides is 1. The molecule has 0 fully saturated rings. The predicted molar refractivity (Wildman–Crippen MR) is 102 cm³/mol. The Labute approximate surface area is 151 Å². The highest BCUT2D eigenvalue weighted by molar-refractivity contribution is 5.67. The van der Waals surface area contributed by atoms with Gasteiger partial charge in [-0.1, -0.05) is 20.8 Å². The van der Waals surface area contributed by atoms with E-state index in [2.05, 4.69) is 24.5 Å². The minimum absolute atomic E-state index is 0.0133. The van der Waals surface area contributed by atoms with Gasteiger partial charge >= 0.3 is 6.09 Å². The minimum Gasteiger partial charge on any atom is -0.444 e. The molecule has 0 aliphatic carbocycles. The highest BCUT2D eigenvalue weighted by Crippen LogP contribution is 2.13. The fourth-order valence-electron chi connectivity index (χ4n) is 2.37. The van der Waals surface area contributed by atoms with Gasteiger partial charge in [-0.25, -0.2) is 4.79 Å². The molecule has 0 saturated heterocycles. The SMILES string of the molecule is CCCn1cc(NCC(CNC(=O)OC(C)(C)C)C(C)C)ccc1=O. The Hall–Kier alpha value is -1.98. The van der Waals surface area contributed by atoms with E-state index in [0.717, 1.165) is 12.1 Å². The molecule has 0 radical (unpaired) electrons. The van der Waals surface area contributed by atoms with Gasteiger partial charge in [0.05, 0.1) is 5.69 Å². The smallest absolute Gasteiger partial charge is 0.407 e. The van der Waals surface area contributed by atoms with Crippen LogP contribution < -0.4 is 16.2 Å². The van der Waals surface area contributed by atoms with Crippen LogP contribution in [0.3, 0.4) is 0 Å². The molecular formula is C19H33N3O3. The summed E-state index contributed by atoms with van der Waals surface area (Å²) in [5, 5.41) is 6.21. The average molecular weight is 351 g/mol. The monoisotopic (exact) mass is 351 g/mol. The number of nitrogens with one attached hydrogen (secondary N) is 2. The Morgan fingerprint density at radius 3 is 2.48 bits per heavy atom. The molecule has 6 heteroatoms. The molecule has 1 aromatic heterocycles. The van der Waals surface area contributed by atoms with Gasteiger partial charge in [-0.05, 0) is 45.1 Å². The highest BCUT2D eigenvalue weighted by Gasteiger charge is 2.19. The molecule has 0 bridgehead atoms. The van der Waals surface area contributed by atoms with Gasteiger partial charge in [0.1, 0.15) is 5.60 Å². The second kappa shape index (κ2) is 9.49. The number of nitrogens with zero attached hydrogens (tertiary/aromatic N) is 1. The van der Waals surface area contributed by atoms with Gasteiger partial charge in [0.15, 0.2) is 0 Å². The molecule has 0 aliphatic rings. The van der Waals surface area contributed by atoms with Crippen LogP contribution in [0.5, 0.6) is 0 Å².